The molecular formula is C26H30F3N5O3. The smallest absolute Gasteiger partial charge is 0.266 e. The highest BCUT2D eigenvalue weighted by atomic mass is 19.3. The second kappa shape index (κ2) is 10.1. The summed E-state index contributed by atoms with van der Waals surface area (Å²) in [6.45, 7) is 5.72. The van der Waals surface area contributed by atoms with Crippen LogP contribution in [-0.2, 0) is 23.0 Å². The third kappa shape index (κ3) is 5.04. The van der Waals surface area contributed by atoms with E-state index in [4.69, 9.17) is 4.74 Å². The second-order valence-electron chi connectivity index (χ2n) is 9.56. The van der Waals surface area contributed by atoms with Crippen LogP contribution in [0.2, 0.25) is 0 Å². The molecule has 3 aromatic rings. The standard InChI is InChI=1S/C26H30F3N5O3/c1-14(18-7-6-8-19(21(18)27)22(28)29)30-23-20-11-17(25(36)33(4)24(20)32-15(2)31-23)12-26(37-5)9-10-34(13-26)16(3)35/h6-8,11,14,22H,9-10,12-13H2,1-5H3,(H,30,31,32)/t14-,26-/m1/s1. The second-order valence-corrected chi connectivity index (χ2v) is 9.56. The van der Waals surface area contributed by atoms with Crippen LogP contribution < -0.4 is 10.9 Å². The van der Waals surface area contributed by atoms with E-state index in [0.717, 1.165) is 6.07 Å². The summed E-state index contributed by atoms with van der Waals surface area (Å²) in [7, 11) is 3.17. The Labute approximate surface area is 212 Å². The van der Waals surface area contributed by atoms with Gasteiger partial charge in [0.25, 0.3) is 12.0 Å². The topological polar surface area (TPSA) is 89.3 Å². The highest BCUT2D eigenvalue weighted by Crippen LogP contribution is 2.32. The maximum Gasteiger partial charge on any atom is 0.266 e. The van der Waals surface area contributed by atoms with E-state index in [2.05, 4.69) is 15.3 Å². The molecule has 1 aromatic carbocycles. The van der Waals surface area contributed by atoms with E-state index in [1.165, 1.54) is 23.6 Å². The molecule has 1 fully saturated rings. The minimum absolute atomic E-state index is 0.0576. The van der Waals surface area contributed by atoms with E-state index in [1.807, 2.05) is 0 Å². The fourth-order valence-corrected chi connectivity index (χ4v) is 4.94. The number of rotatable bonds is 7. The normalized spacial score (nSPS) is 18.6. The number of aromatic nitrogens is 3. The van der Waals surface area contributed by atoms with Crippen molar-refractivity contribution >= 4 is 22.8 Å². The summed E-state index contributed by atoms with van der Waals surface area (Å²) >= 11 is 0. The lowest BCUT2D eigenvalue weighted by Crippen LogP contribution is -2.40. The number of nitrogens with zero attached hydrogens (tertiary/aromatic N) is 4. The Morgan fingerprint density at radius 1 is 1.27 bits per heavy atom. The Hall–Kier alpha value is -3.47. The van der Waals surface area contributed by atoms with Gasteiger partial charge in [-0.2, -0.15) is 0 Å². The highest BCUT2D eigenvalue weighted by molar-refractivity contribution is 5.87. The van der Waals surface area contributed by atoms with Crippen molar-refractivity contribution in [2.24, 2.45) is 7.05 Å². The van der Waals surface area contributed by atoms with Gasteiger partial charge in [0.05, 0.1) is 29.1 Å². The summed E-state index contributed by atoms with van der Waals surface area (Å²) < 4.78 is 48.5. The van der Waals surface area contributed by atoms with Gasteiger partial charge in [-0.3, -0.25) is 14.2 Å². The van der Waals surface area contributed by atoms with Crippen molar-refractivity contribution in [3.63, 3.8) is 0 Å². The molecule has 0 saturated carbocycles. The molecule has 1 amide bonds. The highest BCUT2D eigenvalue weighted by Gasteiger charge is 2.40. The molecule has 0 bridgehead atoms. The molecule has 4 rings (SSSR count). The number of fused-ring (bicyclic) bond motifs is 1. The summed E-state index contributed by atoms with van der Waals surface area (Å²) in [5.74, 6) is -0.304. The summed E-state index contributed by atoms with van der Waals surface area (Å²) in [5, 5.41) is 3.65. The molecular weight excluding hydrogens is 487 g/mol. The Bertz CT molecular complexity index is 1410. The number of methoxy groups -OCH3 is 1. The van der Waals surface area contributed by atoms with E-state index in [-0.39, 0.29) is 23.5 Å². The minimum atomic E-state index is -2.94. The van der Waals surface area contributed by atoms with Gasteiger partial charge in [0.2, 0.25) is 5.91 Å². The SMILES string of the molecule is CO[C@@]1(Cc2cc3c(N[C@H](C)c4cccc(C(F)F)c4F)nc(C)nc3n(C)c2=O)CCN(C(C)=O)C1. The van der Waals surface area contributed by atoms with E-state index in [1.54, 1.807) is 39.0 Å². The van der Waals surface area contributed by atoms with Gasteiger partial charge in [-0.05, 0) is 26.3 Å². The number of anilines is 1. The van der Waals surface area contributed by atoms with Gasteiger partial charge >= 0.3 is 0 Å². The molecule has 0 spiro atoms. The molecule has 0 unspecified atom stereocenters. The minimum Gasteiger partial charge on any atom is -0.376 e. The Kier molecular flexibility index (Phi) is 7.27. The van der Waals surface area contributed by atoms with Crippen molar-refractivity contribution in [3.8, 4) is 0 Å². The monoisotopic (exact) mass is 517 g/mol. The maximum atomic E-state index is 14.8. The van der Waals surface area contributed by atoms with Gasteiger partial charge in [-0.1, -0.05) is 18.2 Å². The first-order valence-electron chi connectivity index (χ1n) is 12.0. The number of benzene rings is 1. The number of hydrogen-bond donors (Lipinski definition) is 1. The van der Waals surface area contributed by atoms with Crippen molar-refractivity contribution in [2.45, 2.75) is 51.7 Å². The molecule has 1 aliphatic heterocycles. The molecule has 198 valence electrons. The van der Waals surface area contributed by atoms with Gasteiger partial charge in [0, 0.05) is 45.2 Å². The third-order valence-electron chi connectivity index (χ3n) is 7.07. The van der Waals surface area contributed by atoms with Crippen molar-refractivity contribution in [1.82, 2.24) is 19.4 Å². The molecule has 0 aliphatic carbocycles. The first-order valence-corrected chi connectivity index (χ1v) is 12.0. The predicted molar refractivity (Wildman–Crippen MR) is 133 cm³/mol. The van der Waals surface area contributed by atoms with Gasteiger partial charge in [-0.25, -0.2) is 23.1 Å². The first-order chi connectivity index (χ1) is 17.5. The molecule has 0 radical (unpaired) electrons. The molecule has 1 N–H and O–H groups in total. The summed E-state index contributed by atoms with van der Waals surface area (Å²) in [6, 6.07) is 4.87. The van der Waals surface area contributed by atoms with E-state index in [9.17, 15) is 22.8 Å². The van der Waals surface area contributed by atoms with Crippen molar-refractivity contribution in [2.75, 3.05) is 25.5 Å². The summed E-state index contributed by atoms with van der Waals surface area (Å²) in [5.41, 5.74) is -0.728. The number of carbonyl (C=O) groups excluding carboxylic acids is 1. The molecule has 3 heterocycles. The zero-order valence-electron chi connectivity index (χ0n) is 21.4. The molecule has 1 saturated heterocycles. The molecule has 8 nitrogen and oxygen atoms in total. The lowest BCUT2D eigenvalue weighted by atomic mass is 9.93. The number of alkyl halides is 2. The van der Waals surface area contributed by atoms with Gasteiger partial charge in [-0.15, -0.1) is 0 Å². The number of ether oxygens (including phenoxy) is 1. The fourth-order valence-electron chi connectivity index (χ4n) is 4.94. The lowest BCUT2D eigenvalue weighted by molar-refractivity contribution is -0.129. The largest absolute Gasteiger partial charge is 0.376 e. The van der Waals surface area contributed by atoms with Crippen LogP contribution in [0.5, 0.6) is 0 Å². The molecule has 2 atom stereocenters. The zero-order chi connectivity index (χ0) is 27.1. The van der Waals surface area contributed by atoms with E-state index < -0.39 is 29.4 Å². The Balaban J connectivity index is 1.76. The van der Waals surface area contributed by atoms with Crippen molar-refractivity contribution < 1.29 is 22.7 Å². The van der Waals surface area contributed by atoms with Crippen LogP contribution in [0, 0.1) is 12.7 Å². The van der Waals surface area contributed by atoms with E-state index in [0.29, 0.717) is 47.7 Å². The average Bonchev–Trinajstić information content (AvgIpc) is 3.28. The number of aryl methyl sites for hydroxylation is 2. The molecule has 11 heteroatoms. The number of nitrogens with one attached hydrogen (secondary N) is 1. The number of amides is 1. The van der Waals surface area contributed by atoms with Crippen molar-refractivity contribution in [3.05, 3.63) is 63.0 Å². The van der Waals surface area contributed by atoms with Crippen LogP contribution >= 0.6 is 0 Å². The number of carbonyl (C=O) groups is 1. The van der Waals surface area contributed by atoms with Crippen LogP contribution in [0.15, 0.2) is 29.1 Å². The van der Waals surface area contributed by atoms with Crippen LogP contribution in [0.1, 0.15) is 55.3 Å². The van der Waals surface area contributed by atoms with Crippen LogP contribution in [0.3, 0.4) is 0 Å². The van der Waals surface area contributed by atoms with Crippen molar-refractivity contribution in [1.29, 1.82) is 0 Å². The van der Waals surface area contributed by atoms with Gasteiger partial charge in [0.15, 0.2) is 0 Å². The fraction of sp³-hybridized carbons (Fsp3) is 0.462. The predicted octanol–water partition coefficient (Wildman–Crippen LogP) is 4.07. The molecule has 2 aromatic heterocycles. The van der Waals surface area contributed by atoms with Gasteiger partial charge < -0.3 is 15.0 Å². The number of likely N-dealkylation sites (tertiary alicyclic amines) is 1. The summed E-state index contributed by atoms with van der Waals surface area (Å²) in [6.07, 6.45) is -2.09. The Morgan fingerprint density at radius 2 is 1.97 bits per heavy atom. The van der Waals surface area contributed by atoms with Crippen LogP contribution in [0.4, 0.5) is 19.0 Å². The number of pyridine rings is 1. The lowest BCUT2D eigenvalue weighted by Gasteiger charge is -2.28. The molecule has 1 aliphatic rings. The quantitative estimate of drug-likeness (QED) is 0.508. The Morgan fingerprint density at radius 3 is 2.59 bits per heavy atom. The third-order valence-corrected chi connectivity index (χ3v) is 7.07. The number of halogens is 3. The maximum absolute atomic E-state index is 14.8. The van der Waals surface area contributed by atoms with Crippen LogP contribution in [0.25, 0.3) is 11.0 Å². The first kappa shape index (κ1) is 26.6. The number of hydrogen-bond acceptors (Lipinski definition) is 6. The van der Waals surface area contributed by atoms with Crippen LogP contribution in [-0.4, -0.2) is 51.1 Å². The average molecular weight is 518 g/mol. The van der Waals surface area contributed by atoms with E-state index >= 15 is 0 Å². The summed E-state index contributed by atoms with van der Waals surface area (Å²) in [4.78, 5) is 35.8. The molecule has 37 heavy (non-hydrogen) atoms. The zero-order valence-corrected chi connectivity index (χ0v) is 21.4. The van der Waals surface area contributed by atoms with Gasteiger partial charge in [0.1, 0.15) is 23.1 Å².